The van der Waals surface area contributed by atoms with Crippen molar-refractivity contribution in [3.05, 3.63) is 113 Å². The van der Waals surface area contributed by atoms with Crippen LogP contribution in [-0.2, 0) is 18.4 Å². The molecular formula is C40H51N5O4. The van der Waals surface area contributed by atoms with Gasteiger partial charge in [0.2, 0.25) is 0 Å². The summed E-state index contributed by atoms with van der Waals surface area (Å²) in [5.74, 6) is -0.381. The van der Waals surface area contributed by atoms with Crippen molar-refractivity contribution in [2.24, 2.45) is 0 Å². The summed E-state index contributed by atoms with van der Waals surface area (Å²) in [5, 5.41) is 29.9. The molecule has 2 atom stereocenters. The number of carbonyl (C=O) groups excluding carboxylic acids is 2. The van der Waals surface area contributed by atoms with E-state index in [0.29, 0.717) is 48.7 Å². The van der Waals surface area contributed by atoms with Crippen LogP contribution in [0, 0.1) is 6.92 Å². The molecule has 0 radical (unpaired) electrons. The van der Waals surface area contributed by atoms with Crippen molar-refractivity contribution in [1.82, 2.24) is 19.6 Å². The van der Waals surface area contributed by atoms with Crippen molar-refractivity contribution < 1.29 is 19.8 Å². The number of rotatable bonds is 14. The minimum Gasteiger partial charge on any atom is -0.394 e. The quantitative estimate of drug-likeness (QED) is 0.133. The lowest BCUT2D eigenvalue weighted by Gasteiger charge is -2.36. The van der Waals surface area contributed by atoms with Gasteiger partial charge in [-0.25, -0.2) is 4.68 Å². The first-order valence-corrected chi connectivity index (χ1v) is 17.6. The predicted molar refractivity (Wildman–Crippen MR) is 194 cm³/mol. The lowest BCUT2D eigenvalue weighted by Crippen LogP contribution is -2.46. The van der Waals surface area contributed by atoms with Gasteiger partial charge in [0.05, 0.1) is 23.9 Å². The van der Waals surface area contributed by atoms with Crippen molar-refractivity contribution in [1.29, 1.82) is 0 Å². The molecule has 0 bridgehead atoms. The van der Waals surface area contributed by atoms with E-state index in [1.807, 2.05) is 92.4 Å². The number of anilines is 1. The molecule has 9 nitrogen and oxygen atoms in total. The lowest BCUT2D eigenvalue weighted by atomic mass is 9.82. The standard InChI is InChI=1S/C40H51N5O4/c1-6-8-21-43(22-9-7-2)38(48)35-23-28(3)45(42-35)36-20-19-32(41-39(49)40(4,5)31-17-11-10-12-18-31)25-34(36)37(47)44-26-30-16-14-13-15-29(30)24-33(44)27-46/h10-20,23,25,33,39,41,46,49H,6-9,21-22,24,26-27H2,1-5H3. The number of aliphatic hydroxyl groups is 2. The second-order valence-corrected chi connectivity index (χ2v) is 13.7. The SMILES string of the molecule is CCCCN(CCCC)C(=O)c1cc(C)n(-c2ccc(NC(O)C(C)(C)c3ccccc3)cc2C(=O)N2Cc3ccccc3CC2CO)n1. The Kier molecular flexibility index (Phi) is 11.6. The maximum atomic E-state index is 14.6. The van der Waals surface area contributed by atoms with Gasteiger partial charge in [-0.3, -0.25) is 9.59 Å². The highest BCUT2D eigenvalue weighted by Gasteiger charge is 2.33. The Morgan fingerprint density at radius 3 is 2.27 bits per heavy atom. The molecule has 2 unspecified atom stereocenters. The third kappa shape index (κ3) is 7.89. The Labute approximate surface area is 290 Å². The Morgan fingerprint density at radius 2 is 1.61 bits per heavy atom. The number of fused-ring (bicyclic) bond motifs is 1. The fourth-order valence-corrected chi connectivity index (χ4v) is 6.49. The average Bonchev–Trinajstić information content (AvgIpc) is 3.51. The number of benzene rings is 3. The van der Waals surface area contributed by atoms with Gasteiger partial charge in [-0.15, -0.1) is 0 Å². The molecule has 1 aromatic heterocycles. The fraction of sp³-hybridized carbons (Fsp3) is 0.425. The number of aryl methyl sites for hydroxylation is 1. The number of hydrogen-bond donors (Lipinski definition) is 3. The molecule has 0 aliphatic carbocycles. The topological polar surface area (TPSA) is 111 Å². The number of carbonyl (C=O) groups is 2. The van der Waals surface area contributed by atoms with Gasteiger partial charge < -0.3 is 25.3 Å². The molecule has 0 saturated heterocycles. The molecule has 2 amide bonds. The number of amides is 2. The van der Waals surface area contributed by atoms with Gasteiger partial charge in [0, 0.05) is 36.4 Å². The predicted octanol–water partition coefficient (Wildman–Crippen LogP) is 6.49. The molecule has 9 heteroatoms. The molecule has 0 spiro atoms. The zero-order valence-corrected chi connectivity index (χ0v) is 29.5. The molecule has 0 saturated carbocycles. The number of hydrogen-bond acceptors (Lipinski definition) is 6. The van der Waals surface area contributed by atoms with Crippen molar-refractivity contribution >= 4 is 17.5 Å². The summed E-state index contributed by atoms with van der Waals surface area (Å²) in [4.78, 5) is 31.9. The van der Waals surface area contributed by atoms with E-state index in [1.165, 1.54) is 0 Å². The molecule has 0 fully saturated rings. The summed E-state index contributed by atoms with van der Waals surface area (Å²) in [6.07, 6.45) is 3.38. The van der Waals surface area contributed by atoms with E-state index in [9.17, 15) is 19.8 Å². The zero-order valence-electron chi connectivity index (χ0n) is 29.5. The number of nitrogens with zero attached hydrogens (tertiary/aromatic N) is 4. The van der Waals surface area contributed by atoms with E-state index in [4.69, 9.17) is 5.10 Å². The molecule has 4 aromatic rings. The van der Waals surface area contributed by atoms with Crippen molar-refractivity contribution in [3.8, 4) is 5.69 Å². The smallest absolute Gasteiger partial charge is 0.274 e. The molecule has 1 aliphatic rings. The second kappa shape index (κ2) is 15.8. The Bertz CT molecular complexity index is 1730. The van der Waals surface area contributed by atoms with E-state index < -0.39 is 17.7 Å². The Morgan fingerprint density at radius 1 is 0.959 bits per heavy atom. The number of unbranched alkanes of at least 4 members (excludes halogenated alkanes) is 2. The summed E-state index contributed by atoms with van der Waals surface area (Å²) in [5.41, 5.74) is 4.98. The van der Waals surface area contributed by atoms with Crippen molar-refractivity contribution in [2.75, 3.05) is 25.0 Å². The molecule has 3 N–H and O–H groups in total. The van der Waals surface area contributed by atoms with E-state index in [1.54, 1.807) is 21.7 Å². The maximum Gasteiger partial charge on any atom is 0.274 e. The summed E-state index contributed by atoms with van der Waals surface area (Å²) in [6, 6.07) is 24.6. The van der Waals surface area contributed by atoms with Gasteiger partial charge in [0.25, 0.3) is 11.8 Å². The first-order valence-electron chi connectivity index (χ1n) is 17.6. The summed E-state index contributed by atoms with van der Waals surface area (Å²) in [7, 11) is 0. The van der Waals surface area contributed by atoms with E-state index in [2.05, 4.69) is 19.2 Å². The van der Waals surface area contributed by atoms with Crippen LogP contribution in [0.2, 0.25) is 0 Å². The molecule has 1 aliphatic heterocycles. The second-order valence-electron chi connectivity index (χ2n) is 13.7. The van der Waals surface area contributed by atoms with Gasteiger partial charge in [0.15, 0.2) is 5.69 Å². The fourth-order valence-electron chi connectivity index (χ4n) is 6.49. The van der Waals surface area contributed by atoms with Crippen molar-refractivity contribution in [2.45, 2.75) is 91.0 Å². The number of aliphatic hydroxyl groups excluding tert-OH is 2. The van der Waals surface area contributed by atoms with Crippen LogP contribution in [0.15, 0.2) is 78.9 Å². The van der Waals surface area contributed by atoms with Crippen molar-refractivity contribution in [3.63, 3.8) is 0 Å². The maximum absolute atomic E-state index is 14.6. The Hall–Kier alpha value is -4.47. The average molecular weight is 666 g/mol. The van der Waals surface area contributed by atoms with Gasteiger partial charge in [-0.1, -0.05) is 95.1 Å². The van der Waals surface area contributed by atoms with Crippen LogP contribution >= 0.6 is 0 Å². The molecule has 5 rings (SSSR count). The molecular weight excluding hydrogens is 614 g/mol. The van der Waals surface area contributed by atoms with Crippen LogP contribution in [0.1, 0.15) is 96.6 Å². The van der Waals surface area contributed by atoms with Crippen LogP contribution in [0.5, 0.6) is 0 Å². The summed E-state index contributed by atoms with van der Waals surface area (Å²) in [6.45, 7) is 11.6. The van der Waals surface area contributed by atoms with Gasteiger partial charge in [-0.05, 0) is 67.1 Å². The van der Waals surface area contributed by atoms with E-state index >= 15 is 0 Å². The molecule has 2 heterocycles. The normalized spacial score (nSPS) is 15.1. The van der Waals surface area contributed by atoms with Gasteiger partial charge in [0.1, 0.15) is 6.23 Å². The molecule has 49 heavy (non-hydrogen) atoms. The summed E-state index contributed by atoms with van der Waals surface area (Å²) < 4.78 is 1.66. The molecule has 260 valence electrons. The highest BCUT2D eigenvalue weighted by atomic mass is 16.3. The first-order chi connectivity index (χ1) is 23.6. The van der Waals surface area contributed by atoms with Crippen LogP contribution < -0.4 is 5.32 Å². The van der Waals surface area contributed by atoms with Gasteiger partial charge in [-0.2, -0.15) is 5.10 Å². The van der Waals surface area contributed by atoms with Crippen LogP contribution in [0.4, 0.5) is 5.69 Å². The molecule has 3 aromatic carbocycles. The number of nitrogens with one attached hydrogen (secondary N) is 1. The first kappa shape index (κ1) is 35.8. The number of aromatic nitrogens is 2. The minimum atomic E-state index is -0.969. The van der Waals surface area contributed by atoms with Crippen LogP contribution in [0.25, 0.3) is 5.69 Å². The third-order valence-electron chi connectivity index (χ3n) is 9.74. The lowest BCUT2D eigenvalue weighted by molar-refractivity contribution is 0.0544. The third-order valence-corrected chi connectivity index (χ3v) is 9.74. The monoisotopic (exact) mass is 665 g/mol. The van der Waals surface area contributed by atoms with Crippen LogP contribution in [0.3, 0.4) is 0 Å². The van der Waals surface area contributed by atoms with Gasteiger partial charge >= 0.3 is 0 Å². The highest BCUT2D eigenvalue weighted by molar-refractivity contribution is 5.99. The minimum absolute atomic E-state index is 0.117. The van der Waals surface area contributed by atoms with E-state index in [-0.39, 0.29) is 18.4 Å². The Balaban J connectivity index is 1.54. The van der Waals surface area contributed by atoms with Crippen LogP contribution in [-0.4, -0.2) is 73.6 Å². The van der Waals surface area contributed by atoms with E-state index in [0.717, 1.165) is 48.1 Å². The largest absolute Gasteiger partial charge is 0.394 e. The summed E-state index contributed by atoms with van der Waals surface area (Å²) >= 11 is 0. The highest BCUT2D eigenvalue weighted by Crippen LogP contribution is 2.32. The zero-order chi connectivity index (χ0) is 35.1.